The lowest BCUT2D eigenvalue weighted by Gasteiger charge is -2.09. The third kappa shape index (κ3) is 4.32. The first-order valence-corrected chi connectivity index (χ1v) is 6.78. The molecule has 6 heteroatoms. The molecule has 0 saturated carbocycles. The van der Waals surface area contributed by atoms with E-state index < -0.39 is 11.6 Å². The summed E-state index contributed by atoms with van der Waals surface area (Å²) in [6.07, 6.45) is 0.0424. The standard InChI is InChI=1S/C15H10BrF3O2/c16-13-6-11(18)7-14(19)15(13)21-8-12(20)5-9-1-3-10(17)4-2-9/h1-4,6-7H,5,8H2. The third-order valence-corrected chi connectivity index (χ3v) is 3.24. The Morgan fingerprint density at radius 3 is 2.33 bits per heavy atom. The fourth-order valence-corrected chi connectivity index (χ4v) is 2.22. The number of ether oxygens (including phenoxy) is 1. The second kappa shape index (κ2) is 6.76. The van der Waals surface area contributed by atoms with Crippen LogP contribution in [-0.2, 0) is 11.2 Å². The Kier molecular flexibility index (Phi) is 5.01. The zero-order valence-electron chi connectivity index (χ0n) is 10.7. The van der Waals surface area contributed by atoms with Gasteiger partial charge in [0.1, 0.15) is 18.2 Å². The van der Waals surface area contributed by atoms with Gasteiger partial charge in [-0.15, -0.1) is 0 Å². The molecule has 0 aliphatic carbocycles. The lowest BCUT2D eigenvalue weighted by atomic mass is 10.1. The van der Waals surface area contributed by atoms with Crippen molar-refractivity contribution in [1.29, 1.82) is 0 Å². The predicted molar refractivity (Wildman–Crippen MR) is 74.7 cm³/mol. The van der Waals surface area contributed by atoms with E-state index in [1.807, 2.05) is 0 Å². The van der Waals surface area contributed by atoms with Gasteiger partial charge in [0.2, 0.25) is 0 Å². The number of Topliss-reactive ketones (excluding diaryl/α,β-unsaturated/α-hetero) is 1. The van der Waals surface area contributed by atoms with Gasteiger partial charge in [0.15, 0.2) is 17.3 Å². The van der Waals surface area contributed by atoms with Gasteiger partial charge in [-0.25, -0.2) is 13.2 Å². The molecule has 21 heavy (non-hydrogen) atoms. The number of benzene rings is 2. The summed E-state index contributed by atoms with van der Waals surface area (Å²) >= 11 is 2.96. The zero-order valence-corrected chi connectivity index (χ0v) is 12.3. The van der Waals surface area contributed by atoms with Crippen molar-refractivity contribution in [3.8, 4) is 5.75 Å². The summed E-state index contributed by atoms with van der Waals surface area (Å²) in [6.45, 7) is -0.363. The topological polar surface area (TPSA) is 26.3 Å². The molecule has 0 bridgehead atoms. The summed E-state index contributed by atoms with van der Waals surface area (Å²) in [5, 5.41) is 0. The number of hydrogen-bond acceptors (Lipinski definition) is 2. The summed E-state index contributed by atoms with van der Waals surface area (Å²) in [6, 6.07) is 7.19. The molecule has 0 aliphatic rings. The Bertz CT molecular complexity index is 633. The number of hydrogen-bond donors (Lipinski definition) is 0. The van der Waals surface area contributed by atoms with Gasteiger partial charge in [-0.2, -0.15) is 0 Å². The quantitative estimate of drug-likeness (QED) is 0.805. The van der Waals surface area contributed by atoms with Crippen molar-refractivity contribution >= 4 is 21.7 Å². The minimum Gasteiger partial charge on any atom is -0.482 e. The highest BCUT2D eigenvalue weighted by Gasteiger charge is 2.13. The van der Waals surface area contributed by atoms with Crippen molar-refractivity contribution in [3.05, 3.63) is 63.9 Å². The Balaban J connectivity index is 1.97. The molecule has 0 heterocycles. The smallest absolute Gasteiger partial charge is 0.174 e. The molecule has 0 radical (unpaired) electrons. The number of carbonyl (C=O) groups is 1. The fourth-order valence-electron chi connectivity index (χ4n) is 1.70. The Morgan fingerprint density at radius 2 is 1.71 bits per heavy atom. The Morgan fingerprint density at radius 1 is 1.05 bits per heavy atom. The molecule has 0 aliphatic heterocycles. The molecular formula is C15H10BrF3O2. The highest BCUT2D eigenvalue weighted by Crippen LogP contribution is 2.29. The first-order valence-electron chi connectivity index (χ1n) is 5.99. The maximum atomic E-state index is 13.5. The van der Waals surface area contributed by atoms with Crippen LogP contribution in [0.4, 0.5) is 13.2 Å². The zero-order chi connectivity index (χ0) is 15.4. The van der Waals surface area contributed by atoms with Gasteiger partial charge in [-0.1, -0.05) is 12.1 Å². The summed E-state index contributed by atoms with van der Waals surface area (Å²) < 4.78 is 44.3. The highest BCUT2D eigenvalue weighted by atomic mass is 79.9. The third-order valence-electron chi connectivity index (χ3n) is 2.66. The molecule has 0 aromatic heterocycles. The maximum Gasteiger partial charge on any atom is 0.174 e. The second-order valence-corrected chi connectivity index (χ2v) is 5.18. The molecule has 2 aromatic carbocycles. The average Bonchev–Trinajstić information content (AvgIpc) is 2.40. The van der Waals surface area contributed by atoms with E-state index in [0.717, 1.165) is 6.07 Å². The minimum atomic E-state index is -0.892. The molecule has 2 rings (SSSR count). The monoisotopic (exact) mass is 358 g/mol. The van der Waals surface area contributed by atoms with Crippen molar-refractivity contribution in [2.24, 2.45) is 0 Å². The first kappa shape index (κ1) is 15.6. The number of ketones is 1. The van der Waals surface area contributed by atoms with Crippen LogP contribution in [-0.4, -0.2) is 12.4 Å². The molecule has 0 N–H and O–H groups in total. The summed E-state index contributed by atoms with van der Waals surface area (Å²) in [5.74, 6) is -2.55. The molecule has 2 aromatic rings. The summed E-state index contributed by atoms with van der Waals surface area (Å²) in [7, 11) is 0. The van der Waals surface area contributed by atoms with E-state index in [2.05, 4.69) is 15.9 Å². The molecule has 0 unspecified atom stereocenters. The SMILES string of the molecule is O=C(COc1c(F)cc(F)cc1Br)Cc1ccc(F)cc1. The van der Waals surface area contributed by atoms with Crippen LogP contribution in [0.25, 0.3) is 0 Å². The first-order chi connectivity index (χ1) is 9.95. The number of rotatable bonds is 5. The van der Waals surface area contributed by atoms with Gasteiger partial charge in [0.25, 0.3) is 0 Å². The van der Waals surface area contributed by atoms with Crippen LogP contribution in [0, 0.1) is 17.5 Å². The van der Waals surface area contributed by atoms with E-state index in [-0.39, 0.29) is 34.9 Å². The Labute approximate surface area is 127 Å². The van der Waals surface area contributed by atoms with Crippen LogP contribution in [0.3, 0.4) is 0 Å². The Hall–Kier alpha value is -1.82. The lowest BCUT2D eigenvalue weighted by molar-refractivity contribution is -0.120. The summed E-state index contributed by atoms with van der Waals surface area (Å²) in [5.41, 5.74) is 0.628. The molecule has 0 amide bonds. The highest BCUT2D eigenvalue weighted by molar-refractivity contribution is 9.10. The average molecular weight is 359 g/mol. The molecule has 0 fully saturated rings. The van der Waals surface area contributed by atoms with E-state index in [4.69, 9.17) is 4.74 Å². The van der Waals surface area contributed by atoms with Crippen LogP contribution >= 0.6 is 15.9 Å². The molecular weight excluding hydrogens is 349 g/mol. The number of halogens is 4. The van der Waals surface area contributed by atoms with Gasteiger partial charge < -0.3 is 4.74 Å². The fraction of sp³-hybridized carbons (Fsp3) is 0.133. The van der Waals surface area contributed by atoms with Gasteiger partial charge in [0.05, 0.1) is 4.47 Å². The minimum absolute atomic E-state index is 0.0424. The van der Waals surface area contributed by atoms with E-state index >= 15 is 0 Å². The molecule has 0 spiro atoms. The van der Waals surface area contributed by atoms with Crippen molar-refractivity contribution in [2.75, 3.05) is 6.61 Å². The van der Waals surface area contributed by atoms with Crippen molar-refractivity contribution < 1.29 is 22.7 Å². The van der Waals surface area contributed by atoms with E-state index in [1.54, 1.807) is 0 Å². The van der Waals surface area contributed by atoms with Crippen LogP contribution in [0.1, 0.15) is 5.56 Å². The molecule has 0 saturated heterocycles. The van der Waals surface area contributed by atoms with E-state index in [1.165, 1.54) is 24.3 Å². The number of carbonyl (C=O) groups excluding carboxylic acids is 1. The predicted octanol–water partition coefficient (Wildman–Crippen LogP) is 4.06. The van der Waals surface area contributed by atoms with E-state index in [0.29, 0.717) is 11.6 Å². The molecule has 110 valence electrons. The van der Waals surface area contributed by atoms with Crippen molar-refractivity contribution in [2.45, 2.75) is 6.42 Å². The molecule has 0 atom stereocenters. The van der Waals surface area contributed by atoms with Crippen molar-refractivity contribution in [3.63, 3.8) is 0 Å². The van der Waals surface area contributed by atoms with Crippen LogP contribution in [0.5, 0.6) is 5.75 Å². The lowest BCUT2D eigenvalue weighted by Crippen LogP contribution is -2.14. The van der Waals surface area contributed by atoms with Crippen LogP contribution in [0.2, 0.25) is 0 Å². The normalized spacial score (nSPS) is 10.5. The van der Waals surface area contributed by atoms with Gasteiger partial charge in [-0.05, 0) is 39.7 Å². The maximum absolute atomic E-state index is 13.5. The van der Waals surface area contributed by atoms with Crippen LogP contribution in [0.15, 0.2) is 40.9 Å². The van der Waals surface area contributed by atoms with E-state index in [9.17, 15) is 18.0 Å². The second-order valence-electron chi connectivity index (χ2n) is 4.33. The largest absolute Gasteiger partial charge is 0.482 e. The molecule has 2 nitrogen and oxygen atoms in total. The summed E-state index contributed by atoms with van der Waals surface area (Å²) in [4.78, 5) is 11.7. The van der Waals surface area contributed by atoms with Crippen LogP contribution < -0.4 is 4.74 Å². The van der Waals surface area contributed by atoms with Gasteiger partial charge in [-0.3, -0.25) is 4.79 Å². The van der Waals surface area contributed by atoms with Gasteiger partial charge >= 0.3 is 0 Å². The van der Waals surface area contributed by atoms with Gasteiger partial charge in [0, 0.05) is 12.5 Å². The van der Waals surface area contributed by atoms with Crippen molar-refractivity contribution in [1.82, 2.24) is 0 Å².